The van der Waals surface area contributed by atoms with Gasteiger partial charge in [-0.1, -0.05) is 0 Å². The van der Waals surface area contributed by atoms with Crippen LogP contribution in [0.3, 0.4) is 0 Å². The highest BCUT2D eigenvalue weighted by Gasteiger charge is 2.26. The van der Waals surface area contributed by atoms with E-state index in [0.717, 1.165) is 24.9 Å². The predicted molar refractivity (Wildman–Crippen MR) is 58.7 cm³/mol. The molecule has 15 heavy (non-hydrogen) atoms. The van der Waals surface area contributed by atoms with Gasteiger partial charge in [-0.15, -0.1) is 0 Å². The van der Waals surface area contributed by atoms with Crippen molar-refractivity contribution in [2.24, 2.45) is 0 Å². The fraction of sp³-hybridized carbons (Fsp3) is 0.455. The quantitative estimate of drug-likeness (QED) is 0.704. The molecule has 1 atom stereocenters. The van der Waals surface area contributed by atoms with Gasteiger partial charge in [0.25, 0.3) is 0 Å². The summed E-state index contributed by atoms with van der Waals surface area (Å²) in [4.78, 5) is 16.1. The summed E-state index contributed by atoms with van der Waals surface area (Å²) in [6.07, 6.45) is 3.58. The highest BCUT2D eigenvalue weighted by atomic mass is 16.1. The molecule has 4 nitrogen and oxygen atoms in total. The lowest BCUT2D eigenvalue weighted by molar-refractivity contribution is 0.0952. The van der Waals surface area contributed by atoms with E-state index in [1.54, 1.807) is 6.20 Å². The Bertz CT molecular complexity index is 363. The summed E-state index contributed by atoms with van der Waals surface area (Å²) in [7, 11) is 0. The standard InChI is InChI=1S/C11H15N3O/c1-7-4-6-14-11(12)9(7)10(15)8-3-2-5-13-8/h4,6,8,13H,2-3,5H2,1H3,(H2,12,14). The molecule has 1 aromatic rings. The first-order valence-corrected chi connectivity index (χ1v) is 5.19. The van der Waals surface area contributed by atoms with E-state index < -0.39 is 0 Å². The number of Topliss-reactive ketones (excluding diaryl/α,β-unsaturated/α-hetero) is 1. The molecule has 2 heterocycles. The van der Waals surface area contributed by atoms with E-state index in [-0.39, 0.29) is 11.8 Å². The lowest BCUT2D eigenvalue weighted by atomic mass is 10.00. The molecule has 1 aromatic heterocycles. The van der Waals surface area contributed by atoms with Crippen molar-refractivity contribution in [3.8, 4) is 0 Å². The average molecular weight is 205 g/mol. The fourth-order valence-electron chi connectivity index (χ4n) is 1.98. The van der Waals surface area contributed by atoms with E-state index in [2.05, 4.69) is 10.3 Å². The Hall–Kier alpha value is -1.42. The molecule has 0 radical (unpaired) electrons. The first-order valence-electron chi connectivity index (χ1n) is 5.19. The Morgan fingerprint density at radius 3 is 3.07 bits per heavy atom. The van der Waals surface area contributed by atoms with Crippen molar-refractivity contribution in [1.82, 2.24) is 10.3 Å². The number of nitrogens with one attached hydrogen (secondary N) is 1. The molecule has 2 rings (SSSR count). The van der Waals surface area contributed by atoms with Crippen LogP contribution < -0.4 is 11.1 Å². The topological polar surface area (TPSA) is 68.0 Å². The van der Waals surface area contributed by atoms with E-state index in [9.17, 15) is 4.79 Å². The van der Waals surface area contributed by atoms with Crippen molar-refractivity contribution < 1.29 is 4.79 Å². The predicted octanol–water partition coefficient (Wildman–Crippen LogP) is 0.907. The molecule has 3 N–H and O–H groups in total. The Morgan fingerprint density at radius 2 is 2.47 bits per heavy atom. The van der Waals surface area contributed by atoms with Crippen LogP contribution in [0.4, 0.5) is 5.82 Å². The molecular formula is C11H15N3O. The fourth-order valence-corrected chi connectivity index (χ4v) is 1.98. The molecule has 1 aliphatic heterocycles. The zero-order valence-electron chi connectivity index (χ0n) is 8.79. The number of pyridine rings is 1. The molecule has 0 bridgehead atoms. The summed E-state index contributed by atoms with van der Waals surface area (Å²) >= 11 is 0. The highest BCUT2D eigenvalue weighted by molar-refractivity contribution is 6.04. The van der Waals surface area contributed by atoms with E-state index in [1.165, 1.54) is 0 Å². The zero-order chi connectivity index (χ0) is 10.8. The van der Waals surface area contributed by atoms with Crippen molar-refractivity contribution >= 4 is 11.6 Å². The third kappa shape index (κ3) is 1.85. The lowest BCUT2D eigenvalue weighted by Crippen LogP contribution is -2.31. The monoisotopic (exact) mass is 205 g/mol. The van der Waals surface area contributed by atoms with E-state index in [0.29, 0.717) is 11.4 Å². The van der Waals surface area contributed by atoms with E-state index in [4.69, 9.17) is 5.73 Å². The van der Waals surface area contributed by atoms with Crippen molar-refractivity contribution in [1.29, 1.82) is 0 Å². The molecular weight excluding hydrogens is 190 g/mol. The first kappa shape index (κ1) is 10.1. The van der Waals surface area contributed by atoms with Crippen molar-refractivity contribution in [3.05, 3.63) is 23.4 Å². The maximum Gasteiger partial charge on any atom is 0.183 e. The van der Waals surface area contributed by atoms with Gasteiger partial charge in [0.15, 0.2) is 5.78 Å². The normalized spacial score (nSPS) is 20.5. The molecule has 1 saturated heterocycles. The summed E-state index contributed by atoms with van der Waals surface area (Å²) in [5.41, 5.74) is 7.21. The largest absolute Gasteiger partial charge is 0.383 e. The second-order valence-electron chi connectivity index (χ2n) is 3.90. The Balaban J connectivity index is 2.32. The average Bonchev–Trinajstić information content (AvgIpc) is 2.69. The Kier molecular flexibility index (Phi) is 2.68. The number of aromatic nitrogens is 1. The number of hydrogen-bond donors (Lipinski definition) is 2. The number of anilines is 1. The molecule has 80 valence electrons. The van der Waals surface area contributed by atoms with E-state index in [1.807, 2.05) is 13.0 Å². The van der Waals surface area contributed by atoms with Gasteiger partial charge in [-0.25, -0.2) is 4.98 Å². The summed E-state index contributed by atoms with van der Waals surface area (Å²) < 4.78 is 0. The van der Waals surface area contributed by atoms with Gasteiger partial charge >= 0.3 is 0 Å². The second kappa shape index (κ2) is 3.98. The van der Waals surface area contributed by atoms with Crippen LogP contribution in [-0.2, 0) is 0 Å². The van der Waals surface area contributed by atoms with Gasteiger partial charge < -0.3 is 11.1 Å². The third-order valence-electron chi connectivity index (χ3n) is 2.81. The van der Waals surface area contributed by atoms with Gasteiger partial charge in [-0.2, -0.15) is 0 Å². The van der Waals surface area contributed by atoms with Crippen LogP contribution in [0, 0.1) is 6.92 Å². The lowest BCUT2D eigenvalue weighted by Gasteiger charge is -2.12. The van der Waals surface area contributed by atoms with Crippen molar-refractivity contribution in [2.75, 3.05) is 12.3 Å². The van der Waals surface area contributed by atoms with Gasteiger partial charge in [0, 0.05) is 6.20 Å². The number of aryl methyl sites for hydroxylation is 1. The zero-order valence-corrected chi connectivity index (χ0v) is 8.79. The van der Waals surface area contributed by atoms with Crippen LogP contribution >= 0.6 is 0 Å². The van der Waals surface area contributed by atoms with Crippen molar-refractivity contribution in [3.63, 3.8) is 0 Å². The van der Waals surface area contributed by atoms with Gasteiger partial charge in [0.2, 0.25) is 0 Å². The van der Waals surface area contributed by atoms with E-state index >= 15 is 0 Å². The van der Waals surface area contributed by atoms with Crippen LogP contribution in [0.1, 0.15) is 28.8 Å². The molecule has 1 unspecified atom stereocenters. The molecule has 1 fully saturated rings. The molecule has 0 amide bonds. The maximum atomic E-state index is 12.1. The van der Waals surface area contributed by atoms with Crippen LogP contribution in [0.15, 0.2) is 12.3 Å². The number of nitrogens with zero attached hydrogens (tertiary/aromatic N) is 1. The van der Waals surface area contributed by atoms with Crippen LogP contribution in [0.5, 0.6) is 0 Å². The van der Waals surface area contributed by atoms with Gasteiger partial charge in [-0.05, 0) is 37.9 Å². The molecule has 0 aliphatic carbocycles. The molecule has 4 heteroatoms. The number of carbonyl (C=O) groups is 1. The summed E-state index contributed by atoms with van der Waals surface area (Å²) in [5, 5.41) is 3.18. The molecule has 1 aliphatic rings. The van der Waals surface area contributed by atoms with Gasteiger partial charge in [0.1, 0.15) is 5.82 Å². The van der Waals surface area contributed by atoms with Gasteiger partial charge in [-0.3, -0.25) is 4.79 Å². The summed E-state index contributed by atoms with van der Waals surface area (Å²) in [6, 6.07) is 1.74. The number of nitrogens with two attached hydrogens (primary N) is 1. The Morgan fingerprint density at radius 1 is 1.67 bits per heavy atom. The number of ketones is 1. The second-order valence-corrected chi connectivity index (χ2v) is 3.90. The number of hydrogen-bond acceptors (Lipinski definition) is 4. The molecule has 0 aromatic carbocycles. The minimum absolute atomic E-state index is 0.0739. The first-order chi connectivity index (χ1) is 7.20. The minimum Gasteiger partial charge on any atom is -0.383 e. The van der Waals surface area contributed by atoms with Crippen LogP contribution in [-0.4, -0.2) is 23.4 Å². The molecule has 0 saturated carbocycles. The summed E-state index contributed by atoms with van der Waals surface area (Å²) in [6.45, 7) is 2.80. The number of carbonyl (C=O) groups excluding carboxylic acids is 1. The number of rotatable bonds is 2. The van der Waals surface area contributed by atoms with Crippen LogP contribution in [0.2, 0.25) is 0 Å². The smallest absolute Gasteiger partial charge is 0.183 e. The Labute approximate surface area is 88.9 Å². The van der Waals surface area contributed by atoms with Gasteiger partial charge in [0.05, 0.1) is 11.6 Å². The number of nitrogen functional groups attached to an aromatic ring is 1. The van der Waals surface area contributed by atoms with Crippen molar-refractivity contribution in [2.45, 2.75) is 25.8 Å². The maximum absolute atomic E-state index is 12.1. The molecule has 0 spiro atoms. The SMILES string of the molecule is Cc1ccnc(N)c1C(=O)C1CCCN1. The summed E-state index contributed by atoms with van der Waals surface area (Å²) in [5.74, 6) is 0.421. The highest BCUT2D eigenvalue weighted by Crippen LogP contribution is 2.19. The minimum atomic E-state index is -0.0739. The van der Waals surface area contributed by atoms with Crippen LogP contribution in [0.25, 0.3) is 0 Å². The third-order valence-corrected chi connectivity index (χ3v) is 2.81.